The molecule has 10 heteroatoms. The van der Waals surface area contributed by atoms with Gasteiger partial charge in [-0.3, -0.25) is 14.3 Å². The fourth-order valence-corrected chi connectivity index (χ4v) is 5.01. The molecule has 1 aromatic heterocycles. The van der Waals surface area contributed by atoms with Crippen molar-refractivity contribution in [3.05, 3.63) is 129 Å². The van der Waals surface area contributed by atoms with Crippen LogP contribution in [0, 0.1) is 0 Å². The lowest BCUT2D eigenvalue weighted by atomic mass is 9.80. The smallest absolute Gasteiger partial charge is 0.330 e. The van der Waals surface area contributed by atoms with E-state index < -0.39 is 41.4 Å². The first kappa shape index (κ1) is 27.4. The van der Waals surface area contributed by atoms with Gasteiger partial charge < -0.3 is 29.2 Å². The van der Waals surface area contributed by atoms with Gasteiger partial charge in [-0.25, -0.2) is 4.79 Å². The van der Waals surface area contributed by atoms with Crippen LogP contribution in [0.3, 0.4) is 0 Å². The van der Waals surface area contributed by atoms with Crippen LogP contribution < -0.4 is 20.7 Å². The van der Waals surface area contributed by atoms with Crippen molar-refractivity contribution in [2.75, 3.05) is 20.8 Å². The molecule has 0 saturated carbocycles. The lowest BCUT2D eigenvalue weighted by Gasteiger charge is -2.37. The third-order valence-electron chi connectivity index (χ3n) is 7.10. The van der Waals surface area contributed by atoms with Gasteiger partial charge in [-0.15, -0.1) is 0 Å². The quantitative estimate of drug-likeness (QED) is 0.272. The van der Waals surface area contributed by atoms with E-state index in [9.17, 15) is 19.8 Å². The van der Waals surface area contributed by atoms with Gasteiger partial charge in [-0.2, -0.15) is 0 Å². The molecule has 0 bridgehead atoms. The standard InChI is InChI=1S/C30H30N2O8/c1-37-22-12-8-20(9-13-22)30(19-6-4-3-5-7-19,21-10-14-23(38-2)15-11-21)39-18-24-26(34)27(35)28(40-24)32-17-16-25(33)31-29(32)36/h3-17,24,26-28,34-35H,18H2,1-2H3,(H,31,33,36)/t24-,26-,27+,28-/m1/s1. The number of nitrogens with one attached hydrogen (secondary N) is 1. The van der Waals surface area contributed by atoms with E-state index in [0.29, 0.717) is 11.5 Å². The molecule has 1 saturated heterocycles. The van der Waals surface area contributed by atoms with E-state index in [1.807, 2.05) is 78.9 Å². The summed E-state index contributed by atoms with van der Waals surface area (Å²) in [6.45, 7) is -0.153. The normalized spacial score (nSPS) is 20.8. The van der Waals surface area contributed by atoms with Crippen LogP contribution in [0.25, 0.3) is 0 Å². The predicted octanol–water partition coefficient (Wildman–Crippen LogP) is 2.18. The molecule has 2 heterocycles. The number of aromatic nitrogens is 2. The zero-order valence-corrected chi connectivity index (χ0v) is 22.0. The molecule has 10 nitrogen and oxygen atoms in total. The number of H-pyrrole nitrogens is 1. The van der Waals surface area contributed by atoms with Gasteiger partial charge in [-0.05, 0) is 41.0 Å². The minimum atomic E-state index is -1.44. The molecule has 5 rings (SSSR count). The van der Waals surface area contributed by atoms with E-state index in [0.717, 1.165) is 27.3 Å². The lowest BCUT2D eigenvalue weighted by molar-refractivity contribution is -0.0958. The van der Waals surface area contributed by atoms with Gasteiger partial charge in [0.1, 0.15) is 35.4 Å². The number of aliphatic hydroxyl groups excluding tert-OH is 2. The highest BCUT2D eigenvalue weighted by Gasteiger charge is 2.46. The maximum absolute atomic E-state index is 12.3. The SMILES string of the molecule is COc1ccc(C(OC[C@H]2O[C@@H](n3ccc(=O)[nH]c3=O)[C@@H](O)[C@@H]2O)(c2ccccc2)c2ccc(OC)cc2)cc1. The Hall–Kier alpha value is -4.22. The molecule has 0 radical (unpaired) electrons. The number of aliphatic hydroxyl groups is 2. The van der Waals surface area contributed by atoms with Crippen LogP contribution in [-0.4, -0.2) is 58.9 Å². The Balaban J connectivity index is 1.56. The van der Waals surface area contributed by atoms with Gasteiger partial charge in [0.05, 0.1) is 20.8 Å². The fraction of sp³-hybridized carbons (Fsp3) is 0.267. The largest absolute Gasteiger partial charge is 0.497 e. The number of ether oxygens (including phenoxy) is 4. The third-order valence-corrected chi connectivity index (χ3v) is 7.10. The molecule has 1 aliphatic heterocycles. The van der Waals surface area contributed by atoms with Gasteiger partial charge in [0.25, 0.3) is 5.56 Å². The number of hydrogen-bond donors (Lipinski definition) is 3. The van der Waals surface area contributed by atoms with E-state index >= 15 is 0 Å². The Morgan fingerprint density at radius 1 is 0.800 bits per heavy atom. The zero-order valence-electron chi connectivity index (χ0n) is 22.0. The van der Waals surface area contributed by atoms with Crippen LogP contribution in [0.4, 0.5) is 0 Å². The average Bonchev–Trinajstić information content (AvgIpc) is 3.27. The minimum Gasteiger partial charge on any atom is -0.497 e. The monoisotopic (exact) mass is 546 g/mol. The van der Waals surface area contributed by atoms with E-state index in [4.69, 9.17) is 18.9 Å². The Morgan fingerprint density at radius 3 is 1.88 bits per heavy atom. The van der Waals surface area contributed by atoms with E-state index in [-0.39, 0.29) is 6.61 Å². The first-order valence-electron chi connectivity index (χ1n) is 12.7. The Labute approximate surface area is 230 Å². The van der Waals surface area contributed by atoms with Crippen molar-refractivity contribution >= 4 is 0 Å². The molecule has 3 N–H and O–H groups in total. The van der Waals surface area contributed by atoms with Crippen molar-refractivity contribution in [2.45, 2.75) is 30.1 Å². The second-order valence-electron chi connectivity index (χ2n) is 9.38. The molecule has 0 aliphatic carbocycles. The van der Waals surface area contributed by atoms with Crippen molar-refractivity contribution in [3.8, 4) is 11.5 Å². The Morgan fingerprint density at radius 2 is 1.35 bits per heavy atom. The van der Waals surface area contributed by atoms with Gasteiger partial charge in [0.15, 0.2) is 6.23 Å². The van der Waals surface area contributed by atoms with Crippen LogP contribution >= 0.6 is 0 Å². The van der Waals surface area contributed by atoms with Crippen LogP contribution in [0.15, 0.2) is 101 Å². The molecule has 1 aliphatic rings. The lowest BCUT2D eigenvalue weighted by Crippen LogP contribution is -2.40. The average molecular weight is 547 g/mol. The van der Waals surface area contributed by atoms with Crippen LogP contribution in [0.2, 0.25) is 0 Å². The summed E-state index contributed by atoms with van der Waals surface area (Å²) in [5.41, 5.74) is -0.133. The predicted molar refractivity (Wildman–Crippen MR) is 146 cm³/mol. The molecule has 208 valence electrons. The topological polar surface area (TPSA) is 132 Å². The van der Waals surface area contributed by atoms with Crippen molar-refractivity contribution in [1.29, 1.82) is 0 Å². The molecule has 1 fully saturated rings. The summed E-state index contributed by atoms with van der Waals surface area (Å²) >= 11 is 0. The summed E-state index contributed by atoms with van der Waals surface area (Å²) in [6, 6.07) is 25.7. The zero-order chi connectivity index (χ0) is 28.3. The Bertz CT molecular complexity index is 1490. The summed E-state index contributed by atoms with van der Waals surface area (Å²) < 4.78 is 24.5. The molecular weight excluding hydrogens is 516 g/mol. The Kier molecular flexibility index (Phi) is 7.85. The second kappa shape index (κ2) is 11.5. The number of hydrogen-bond acceptors (Lipinski definition) is 8. The van der Waals surface area contributed by atoms with Gasteiger partial charge in [-0.1, -0.05) is 54.6 Å². The number of benzene rings is 3. The van der Waals surface area contributed by atoms with Crippen LogP contribution in [0.1, 0.15) is 22.9 Å². The van der Waals surface area contributed by atoms with Crippen molar-refractivity contribution in [3.63, 3.8) is 0 Å². The molecule has 0 spiro atoms. The molecule has 4 aromatic rings. The fourth-order valence-electron chi connectivity index (χ4n) is 5.01. The highest BCUT2D eigenvalue weighted by molar-refractivity contribution is 5.49. The summed E-state index contributed by atoms with van der Waals surface area (Å²) in [4.78, 5) is 26.0. The molecule has 3 aromatic carbocycles. The van der Waals surface area contributed by atoms with E-state index in [1.54, 1.807) is 14.2 Å². The summed E-state index contributed by atoms with van der Waals surface area (Å²) in [5.74, 6) is 1.35. The first-order valence-corrected chi connectivity index (χ1v) is 12.7. The van der Waals surface area contributed by atoms with E-state index in [1.165, 1.54) is 6.20 Å². The number of nitrogens with zero attached hydrogens (tertiary/aromatic N) is 1. The summed E-state index contributed by atoms with van der Waals surface area (Å²) in [6.07, 6.45) is -3.82. The molecule has 0 amide bonds. The first-order chi connectivity index (χ1) is 19.4. The number of rotatable bonds is 9. The van der Waals surface area contributed by atoms with Gasteiger partial charge >= 0.3 is 5.69 Å². The maximum Gasteiger partial charge on any atom is 0.330 e. The second-order valence-corrected chi connectivity index (χ2v) is 9.38. The summed E-state index contributed by atoms with van der Waals surface area (Å²) in [5, 5.41) is 21.7. The minimum absolute atomic E-state index is 0.153. The van der Waals surface area contributed by atoms with Crippen molar-refractivity contribution in [1.82, 2.24) is 9.55 Å². The molecule has 4 atom stereocenters. The van der Waals surface area contributed by atoms with Crippen molar-refractivity contribution in [2.24, 2.45) is 0 Å². The summed E-state index contributed by atoms with van der Waals surface area (Å²) in [7, 11) is 3.18. The molecular formula is C30H30N2O8. The van der Waals surface area contributed by atoms with Gasteiger partial charge in [0.2, 0.25) is 0 Å². The van der Waals surface area contributed by atoms with E-state index in [2.05, 4.69) is 4.98 Å². The van der Waals surface area contributed by atoms with Gasteiger partial charge in [0, 0.05) is 12.3 Å². The molecule has 40 heavy (non-hydrogen) atoms. The molecule has 0 unspecified atom stereocenters. The number of aromatic amines is 1. The van der Waals surface area contributed by atoms with Crippen LogP contribution in [0.5, 0.6) is 11.5 Å². The van der Waals surface area contributed by atoms with Crippen molar-refractivity contribution < 1.29 is 29.2 Å². The third kappa shape index (κ3) is 5.05. The van der Waals surface area contributed by atoms with Crippen LogP contribution in [-0.2, 0) is 15.1 Å². The number of methoxy groups -OCH3 is 2. The highest BCUT2D eigenvalue weighted by Crippen LogP contribution is 2.42. The highest BCUT2D eigenvalue weighted by atomic mass is 16.6. The maximum atomic E-state index is 12.3.